The fourth-order valence-electron chi connectivity index (χ4n) is 5.48. The molecule has 14 heteroatoms. The van der Waals surface area contributed by atoms with Gasteiger partial charge in [-0.2, -0.15) is 13.2 Å². The molecule has 0 aliphatic carbocycles. The minimum atomic E-state index is -4.56. The molecule has 0 aliphatic heterocycles. The number of alkyl halides is 3. The second-order valence-corrected chi connectivity index (χ2v) is 11.8. The van der Waals surface area contributed by atoms with Crippen LogP contribution in [0.4, 0.5) is 23.2 Å². The van der Waals surface area contributed by atoms with E-state index in [1.54, 1.807) is 38.1 Å². The molecule has 0 aliphatic rings. The summed E-state index contributed by atoms with van der Waals surface area (Å²) in [7, 11) is 2.80. The Morgan fingerprint density at radius 2 is 1.32 bits per heavy atom. The smallest absolute Gasteiger partial charge is 0.416 e. The molecule has 0 atom stereocenters. The quantitative estimate of drug-likeness (QED) is 0.0660. The fraction of sp³-hybridized carbons (Fsp3) is 0.256. The monoisotopic (exact) mass is 736 g/mol. The molecule has 0 fully saturated rings. The van der Waals surface area contributed by atoms with Crippen LogP contribution in [0.5, 0.6) is 5.75 Å². The van der Waals surface area contributed by atoms with Crippen molar-refractivity contribution in [3.63, 3.8) is 0 Å². The number of nitrogens with one attached hydrogen (secondary N) is 1. The van der Waals surface area contributed by atoms with E-state index in [1.165, 1.54) is 56.6 Å². The SMILES string of the molecule is CCOC(=O)C(CCC(=O)Oc1cc(C(=O)N(C)C)c(NC(=O)c2ccccc2-c2ccc(C(F)(F)F)cc2)cc1F)(C(=O)OCC)c1ccccc1. The van der Waals surface area contributed by atoms with Crippen molar-refractivity contribution in [3.8, 4) is 16.9 Å². The molecule has 2 amide bonds. The Kier molecular flexibility index (Phi) is 12.7. The van der Waals surface area contributed by atoms with Crippen molar-refractivity contribution < 1.29 is 55.7 Å². The van der Waals surface area contributed by atoms with Gasteiger partial charge in [-0.1, -0.05) is 60.7 Å². The summed E-state index contributed by atoms with van der Waals surface area (Å²) in [5.41, 5.74) is -2.71. The van der Waals surface area contributed by atoms with Gasteiger partial charge in [0.1, 0.15) is 0 Å². The summed E-state index contributed by atoms with van der Waals surface area (Å²) in [4.78, 5) is 67.8. The number of hydrogen-bond donors (Lipinski definition) is 1. The highest BCUT2D eigenvalue weighted by Gasteiger charge is 2.50. The maximum absolute atomic E-state index is 15.6. The molecule has 0 aromatic heterocycles. The van der Waals surface area contributed by atoms with Gasteiger partial charge in [0.15, 0.2) is 17.0 Å². The first-order chi connectivity index (χ1) is 25.1. The Morgan fingerprint density at radius 3 is 1.89 bits per heavy atom. The zero-order valence-electron chi connectivity index (χ0n) is 29.2. The average Bonchev–Trinajstić information content (AvgIpc) is 3.13. The van der Waals surface area contributed by atoms with Gasteiger partial charge in [-0.05, 0) is 61.2 Å². The summed E-state index contributed by atoms with van der Waals surface area (Å²) < 4.78 is 70.7. The van der Waals surface area contributed by atoms with Gasteiger partial charge in [0.05, 0.1) is 30.0 Å². The van der Waals surface area contributed by atoms with Crippen LogP contribution >= 0.6 is 0 Å². The molecule has 0 spiro atoms. The number of hydrogen-bond acceptors (Lipinski definition) is 8. The molecule has 278 valence electrons. The van der Waals surface area contributed by atoms with E-state index in [2.05, 4.69) is 5.32 Å². The van der Waals surface area contributed by atoms with Gasteiger partial charge in [0.25, 0.3) is 11.8 Å². The molecule has 0 unspecified atom stereocenters. The second-order valence-electron chi connectivity index (χ2n) is 11.8. The van der Waals surface area contributed by atoms with E-state index in [0.717, 1.165) is 29.2 Å². The fourth-order valence-corrected chi connectivity index (χ4v) is 5.48. The normalized spacial score (nSPS) is 11.3. The summed E-state index contributed by atoms with van der Waals surface area (Å²) in [5, 5.41) is 2.49. The Hall–Kier alpha value is -6.05. The molecule has 0 bridgehead atoms. The summed E-state index contributed by atoms with van der Waals surface area (Å²) in [5.74, 6) is -6.33. The van der Waals surface area contributed by atoms with Gasteiger partial charge in [-0.15, -0.1) is 0 Å². The van der Waals surface area contributed by atoms with Gasteiger partial charge in [0.2, 0.25) is 0 Å². The van der Waals surface area contributed by atoms with E-state index in [1.807, 2.05) is 0 Å². The summed E-state index contributed by atoms with van der Waals surface area (Å²) in [6.45, 7) is 2.95. The first kappa shape index (κ1) is 39.7. The van der Waals surface area contributed by atoms with E-state index in [4.69, 9.17) is 14.2 Å². The van der Waals surface area contributed by atoms with Crippen molar-refractivity contribution in [1.82, 2.24) is 4.90 Å². The number of ether oxygens (including phenoxy) is 3. The highest BCUT2D eigenvalue weighted by molar-refractivity contribution is 6.12. The first-order valence-electron chi connectivity index (χ1n) is 16.4. The number of halogens is 4. The van der Waals surface area contributed by atoms with Crippen LogP contribution in [0.2, 0.25) is 0 Å². The third kappa shape index (κ3) is 9.07. The van der Waals surface area contributed by atoms with Crippen molar-refractivity contribution in [2.75, 3.05) is 32.6 Å². The molecular weight excluding hydrogens is 700 g/mol. The van der Waals surface area contributed by atoms with E-state index >= 15 is 4.39 Å². The predicted octanol–water partition coefficient (Wildman–Crippen LogP) is 7.22. The number of carbonyl (C=O) groups is 5. The van der Waals surface area contributed by atoms with Crippen molar-refractivity contribution in [1.29, 1.82) is 0 Å². The maximum Gasteiger partial charge on any atom is 0.416 e. The Balaban J connectivity index is 1.64. The van der Waals surface area contributed by atoms with Crippen LogP contribution in [-0.2, 0) is 35.4 Å². The Morgan fingerprint density at radius 1 is 0.736 bits per heavy atom. The summed E-state index contributed by atoms with van der Waals surface area (Å²) >= 11 is 0. The lowest BCUT2D eigenvalue weighted by atomic mass is 9.76. The molecule has 0 saturated carbocycles. The van der Waals surface area contributed by atoms with Crippen molar-refractivity contribution in [3.05, 3.63) is 119 Å². The zero-order valence-corrected chi connectivity index (χ0v) is 29.2. The lowest BCUT2D eigenvalue weighted by molar-refractivity contribution is -0.165. The molecule has 4 rings (SSSR count). The topological polar surface area (TPSA) is 128 Å². The van der Waals surface area contributed by atoms with Crippen LogP contribution in [0, 0.1) is 5.82 Å². The predicted molar refractivity (Wildman–Crippen MR) is 186 cm³/mol. The maximum atomic E-state index is 15.6. The van der Waals surface area contributed by atoms with Crippen LogP contribution in [0.1, 0.15) is 58.5 Å². The number of anilines is 1. The minimum absolute atomic E-state index is 0.0107. The van der Waals surface area contributed by atoms with E-state index in [9.17, 15) is 37.1 Å². The molecule has 0 heterocycles. The highest BCUT2D eigenvalue weighted by atomic mass is 19.4. The molecule has 53 heavy (non-hydrogen) atoms. The summed E-state index contributed by atoms with van der Waals surface area (Å²) in [6.07, 6.45) is -5.62. The van der Waals surface area contributed by atoms with Gasteiger partial charge in [0, 0.05) is 32.1 Å². The number of rotatable bonds is 13. The van der Waals surface area contributed by atoms with Crippen LogP contribution in [-0.4, -0.2) is 61.9 Å². The summed E-state index contributed by atoms with van der Waals surface area (Å²) in [6, 6.07) is 19.8. The van der Waals surface area contributed by atoms with Gasteiger partial charge in [-0.25, -0.2) is 4.39 Å². The molecule has 1 N–H and O–H groups in total. The molecule has 0 saturated heterocycles. The Bertz CT molecular complexity index is 1960. The van der Waals surface area contributed by atoms with Gasteiger partial charge in [-0.3, -0.25) is 24.0 Å². The van der Waals surface area contributed by atoms with Crippen LogP contribution < -0.4 is 10.1 Å². The third-order valence-electron chi connectivity index (χ3n) is 8.09. The molecular formula is C39H36F4N2O8. The molecule has 10 nitrogen and oxygen atoms in total. The number of benzene rings is 4. The van der Waals surface area contributed by atoms with E-state index < -0.39 is 71.3 Å². The van der Waals surface area contributed by atoms with Crippen LogP contribution in [0.25, 0.3) is 11.1 Å². The lowest BCUT2D eigenvalue weighted by Gasteiger charge is -2.29. The van der Waals surface area contributed by atoms with Crippen molar-refractivity contribution >= 4 is 35.4 Å². The first-order valence-corrected chi connectivity index (χ1v) is 16.4. The molecule has 0 radical (unpaired) electrons. The minimum Gasteiger partial charge on any atom is -0.465 e. The number of amides is 2. The lowest BCUT2D eigenvalue weighted by Crippen LogP contribution is -2.46. The standard InChI is InChI=1S/C39H36F4N2O8/c1-5-51-36(49)38(37(50)52-6-2,25-12-8-7-9-13-25)21-20-33(46)53-32-22-29(35(48)45(3)4)31(23-30(32)40)44-34(47)28-15-11-10-14-27(28)24-16-18-26(19-17-24)39(41,42)43/h7-19,22-23H,5-6,20-21H2,1-4H3,(H,44,47). The number of nitrogens with zero attached hydrogens (tertiary/aromatic N) is 1. The third-order valence-corrected chi connectivity index (χ3v) is 8.09. The van der Waals surface area contributed by atoms with E-state index in [-0.39, 0.29) is 41.2 Å². The second kappa shape index (κ2) is 17.0. The van der Waals surface area contributed by atoms with Gasteiger partial charge >= 0.3 is 24.1 Å². The van der Waals surface area contributed by atoms with Gasteiger partial charge < -0.3 is 24.4 Å². The van der Waals surface area contributed by atoms with Crippen LogP contribution in [0.15, 0.2) is 91.0 Å². The Labute approximate surface area is 302 Å². The zero-order chi connectivity index (χ0) is 38.9. The van der Waals surface area contributed by atoms with Crippen molar-refractivity contribution in [2.45, 2.75) is 38.3 Å². The van der Waals surface area contributed by atoms with Crippen molar-refractivity contribution in [2.24, 2.45) is 0 Å². The molecule has 4 aromatic rings. The number of esters is 3. The number of carbonyl (C=O) groups excluding carboxylic acids is 5. The van der Waals surface area contributed by atoms with Crippen LogP contribution in [0.3, 0.4) is 0 Å². The average molecular weight is 737 g/mol. The highest BCUT2D eigenvalue weighted by Crippen LogP contribution is 2.35. The largest absolute Gasteiger partial charge is 0.465 e. The molecule has 4 aromatic carbocycles. The van der Waals surface area contributed by atoms with E-state index in [0.29, 0.717) is 5.56 Å².